The smallest absolute Gasteiger partial charge is 0.275 e. The van der Waals surface area contributed by atoms with Gasteiger partial charge in [-0.05, 0) is 12.1 Å². The van der Waals surface area contributed by atoms with Gasteiger partial charge in [0, 0.05) is 4.88 Å². The molecule has 0 unspecified atom stereocenters. The average Bonchev–Trinajstić information content (AvgIpc) is 2.66. The first kappa shape index (κ1) is 11.0. The molecule has 0 radical (unpaired) electrons. The highest BCUT2D eigenvalue weighted by Crippen LogP contribution is 2.21. The van der Waals surface area contributed by atoms with Crippen LogP contribution >= 0.6 is 22.9 Å². The van der Waals surface area contributed by atoms with Crippen molar-refractivity contribution < 1.29 is 0 Å². The van der Waals surface area contributed by atoms with Gasteiger partial charge >= 0.3 is 0 Å². The fourth-order valence-electron chi connectivity index (χ4n) is 1.11. The van der Waals surface area contributed by atoms with Gasteiger partial charge in [-0.15, -0.1) is 11.3 Å². The van der Waals surface area contributed by atoms with Crippen molar-refractivity contribution in [2.75, 3.05) is 11.1 Å². The number of thiophene rings is 1. The SMILES string of the molecule is Nc1cnc(NCc2ccc(Cl)s2)[nH]c1=O. The second-order valence-electron chi connectivity index (χ2n) is 3.08. The molecule has 0 fully saturated rings. The van der Waals surface area contributed by atoms with E-state index in [4.69, 9.17) is 17.3 Å². The Morgan fingerprint density at radius 2 is 2.38 bits per heavy atom. The number of nitrogens with zero attached hydrogens (tertiary/aromatic N) is 1. The van der Waals surface area contributed by atoms with Gasteiger partial charge in [0.25, 0.3) is 5.56 Å². The maximum Gasteiger partial charge on any atom is 0.275 e. The number of halogens is 1. The lowest BCUT2D eigenvalue weighted by Crippen LogP contribution is -2.15. The van der Waals surface area contributed by atoms with Gasteiger partial charge in [-0.25, -0.2) is 4.98 Å². The predicted molar refractivity (Wildman–Crippen MR) is 65.9 cm³/mol. The fraction of sp³-hybridized carbons (Fsp3) is 0.111. The molecule has 16 heavy (non-hydrogen) atoms. The summed E-state index contributed by atoms with van der Waals surface area (Å²) in [6, 6.07) is 3.73. The molecule has 0 aliphatic carbocycles. The van der Waals surface area contributed by atoms with Crippen molar-refractivity contribution >= 4 is 34.6 Å². The molecule has 0 saturated heterocycles. The molecule has 84 valence electrons. The molecule has 2 heterocycles. The maximum absolute atomic E-state index is 11.2. The third-order valence-corrected chi connectivity index (χ3v) is 3.12. The number of nitrogen functional groups attached to an aromatic ring is 1. The van der Waals surface area contributed by atoms with E-state index in [9.17, 15) is 4.79 Å². The molecule has 0 spiro atoms. The molecule has 2 aromatic heterocycles. The molecule has 7 heteroatoms. The first-order chi connectivity index (χ1) is 7.65. The van der Waals surface area contributed by atoms with Crippen LogP contribution in [0.5, 0.6) is 0 Å². The predicted octanol–water partition coefficient (Wildman–Crippen LogP) is 1.68. The minimum absolute atomic E-state index is 0.102. The Hall–Kier alpha value is -1.53. The van der Waals surface area contributed by atoms with Crippen molar-refractivity contribution in [1.82, 2.24) is 9.97 Å². The highest BCUT2D eigenvalue weighted by molar-refractivity contribution is 7.16. The lowest BCUT2D eigenvalue weighted by atomic mass is 10.4. The number of nitrogens with two attached hydrogens (primary N) is 1. The highest BCUT2D eigenvalue weighted by Gasteiger charge is 2.00. The number of nitrogens with one attached hydrogen (secondary N) is 2. The van der Waals surface area contributed by atoms with Crippen molar-refractivity contribution in [3.63, 3.8) is 0 Å². The summed E-state index contributed by atoms with van der Waals surface area (Å²) in [7, 11) is 0. The molecule has 0 aromatic carbocycles. The minimum atomic E-state index is -0.346. The Kier molecular flexibility index (Phi) is 3.12. The summed E-state index contributed by atoms with van der Waals surface area (Å²) in [5.41, 5.74) is 5.11. The number of aromatic amines is 1. The third-order valence-electron chi connectivity index (χ3n) is 1.89. The number of aromatic nitrogens is 2. The first-order valence-electron chi connectivity index (χ1n) is 4.48. The molecule has 5 nitrogen and oxygen atoms in total. The molecule has 0 atom stereocenters. The molecular formula is C9H9ClN4OS. The van der Waals surface area contributed by atoms with Crippen molar-refractivity contribution in [2.24, 2.45) is 0 Å². The standard InChI is InChI=1S/C9H9ClN4OS/c10-7-2-1-5(16-7)3-12-9-13-4-6(11)8(15)14-9/h1-2,4H,3,11H2,(H2,12,13,14,15). The first-order valence-corrected chi connectivity index (χ1v) is 5.67. The summed E-state index contributed by atoms with van der Waals surface area (Å²) in [4.78, 5) is 18.7. The molecule has 4 N–H and O–H groups in total. The summed E-state index contributed by atoms with van der Waals surface area (Å²) in [5.74, 6) is 0.392. The quantitative estimate of drug-likeness (QED) is 0.780. The third kappa shape index (κ3) is 2.53. The van der Waals surface area contributed by atoms with Gasteiger partial charge in [0.05, 0.1) is 17.1 Å². The van der Waals surface area contributed by atoms with Crippen LogP contribution in [-0.4, -0.2) is 9.97 Å². The van der Waals surface area contributed by atoms with Gasteiger partial charge in [-0.3, -0.25) is 9.78 Å². The number of hydrogen-bond acceptors (Lipinski definition) is 5. The largest absolute Gasteiger partial charge is 0.393 e. The maximum atomic E-state index is 11.2. The summed E-state index contributed by atoms with van der Waals surface area (Å²) in [5, 5.41) is 2.97. The van der Waals surface area contributed by atoms with Gasteiger partial charge in [-0.2, -0.15) is 0 Å². The van der Waals surface area contributed by atoms with Crippen molar-refractivity contribution in [3.05, 3.63) is 37.9 Å². The Bertz CT molecular complexity index is 550. The topological polar surface area (TPSA) is 83.8 Å². The normalized spacial score (nSPS) is 10.3. The van der Waals surface area contributed by atoms with E-state index in [2.05, 4.69) is 15.3 Å². The molecule has 0 bridgehead atoms. The molecular weight excluding hydrogens is 248 g/mol. The highest BCUT2D eigenvalue weighted by atomic mass is 35.5. The average molecular weight is 257 g/mol. The van der Waals surface area contributed by atoms with Crippen molar-refractivity contribution in [2.45, 2.75) is 6.54 Å². The zero-order chi connectivity index (χ0) is 11.5. The number of rotatable bonds is 3. The molecule has 2 aromatic rings. The van der Waals surface area contributed by atoms with Crippen molar-refractivity contribution in [1.29, 1.82) is 0 Å². The van der Waals surface area contributed by atoms with E-state index in [-0.39, 0.29) is 11.2 Å². The molecule has 0 saturated carbocycles. The number of anilines is 2. The van der Waals surface area contributed by atoms with Crippen LogP contribution in [0, 0.1) is 0 Å². The fourth-order valence-corrected chi connectivity index (χ4v) is 2.14. The van der Waals surface area contributed by atoms with E-state index in [0.29, 0.717) is 12.5 Å². The Balaban J connectivity index is 2.05. The molecule has 0 aliphatic heterocycles. The van der Waals surface area contributed by atoms with E-state index in [1.165, 1.54) is 17.5 Å². The van der Waals surface area contributed by atoms with Gasteiger partial charge in [0.1, 0.15) is 5.69 Å². The summed E-state index contributed by atoms with van der Waals surface area (Å²) in [6.07, 6.45) is 1.32. The number of hydrogen-bond donors (Lipinski definition) is 3. The Morgan fingerprint density at radius 1 is 1.56 bits per heavy atom. The lowest BCUT2D eigenvalue weighted by molar-refractivity contribution is 1.05. The summed E-state index contributed by atoms with van der Waals surface area (Å²) < 4.78 is 0.732. The van der Waals surface area contributed by atoms with Crippen LogP contribution in [-0.2, 0) is 6.54 Å². The van der Waals surface area contributed by atoms with Gasteiger partial charge in [0.2, 0.25) is 5.95 Å². The summed E-state index contributed by atoms with van der Waals surface area (Å²) in [6.45, 7) is 0.560. The van der Waals surface area contributed by atoms with E-state index >= 15 is 0 Å². The minimum Gasteiger partial charge on any atom is -0.393 e. The van der Waals surface area contributed by atoms with E-state index in [0.717, 1.165) is 9.21 Å². The number of H-pyrrole nitrogens is 1. The van der Waals surface area contributed by atoms with Gasteiger partial charge in [-0.1, -0.05) is 11.6 Å². The van der Waals surface area contributed by atoms with Crippen LogP contribution in [0.3, 0.4) is 0 Å². The zero-order valence-corrected chi connectivity index (χ0v) is 9.73. The Morgan fingerprint density at radius 3 is 3.00 bits per heavy atom. The monoisotopic (exact) mass is 256 g/mol. The zero-order valence-electron chi connectivity index (χ0n) is 8.16. The molecule has 2 rings (SSSR count). The van der Waals surface area contributed by atoms with Crippen LogP contribution in [0.25, 0.3) is 0 Å². The van der Waals surface area contributed by atoms with E-state index in [1.807, 2.05) is 12.1 Å². The molecule has 0 amide bonds. The van der Waals surface area contributed by atoms with Gasteiger partial charge < -0.3 is 11.1 Å². The van der Waals surface area contributed by atoms with Gasteiger partial charge in [0.15, 0.2) is 0 Å². The van der Waals surface area contributed by atoms with Crippen LogP contribution in [0.1, 0.15) is 4.88 Å². The molecule has 0 aliphatic rings. The Labute approximate surface area is 100 Å². The van der Waals surface area contributed by atoms with Crippen LogP contribution in [0.15, 0.2) is 23.1 Å². The lowest BCUT2D eigenvalue weighted by Gasteiger charge is -2.02. The van der Waals surface area contributed by atoms with E-state index < -0.39 is 0 Å². The van der Waals surface area contributed by atoms with Crippen molar-refractivity contribution in [3.8, 4) is 0 Å². The summed E-state index contributed by atoms with van der Waals surface area (Å²) >= 11 is 7.26. The van der Waals surface area contributed by atoms with Crippen LogP contribution in [0.2, 0.25) is 4.34 Å². The van der Waals surface area contributed by atoms with Crippen LogP contribution < -0.4 is 16.6 Å². The second-order valence-corrected chi connectivity index (χ2v) is 4.88. The van der Waals surface area contributed by atoms with E-state index in [1.54, 1.807) is 0 Å². The van der Waals surface area contributed by atoms with Crippen LogP contribution in [0.4, 0.5) is 11.6 Å². The second kappa shape index (κ2) is 4.54.